The van der Waals surface area contributed by atoms with Gasteiger partial charge in [-0.25, -0.2) is 0 Å². The number of hydrogen-bond acceptors (Lipinski definition) is 4. The van der Waals surface area contributed by atoms with Crippen LogP contribution < -0.4 is 15.8 Å². The highest BCUT2D eigenvalue weighted by molar-refractivity contribution is 5.59. The Labute approximate surface area is 109 Å². The summed E-state index contributed by atoms with van der Waals surface area (Å²) in [5, 5.41) is 3.35. The Hall–Kier alpha value is -1.42. The van der Waals surface area contributed by atoms with E-state index in [1.165, 1.54) is 0 Å². The van der Waals surface area contributed by atoms with E-state index in [0.717, 1.165) is 24.5 Å². The molecule has 18 heavy (non-hydrogen) atoms. The number of anilines is 2. The molecule has 0 aromatic heterocycles. The molecule has 0 spiro atoms. The number of rotatable bonds is 8. The molecule has 1 aromatic carbocycles. The molecule has 102 valence electrons. The fourth-order valence-electron chi connectivity index (χ4n) is 1.63. The number of nitrogen functional groups attached to an aromatic ring is 1. The fourth-order valence-corrected chi connectivity index (χ4v) is 1.63. The second-order valence-corrected chi connectivity index (χ2v) is 4.34. The molecule has 3 N–H and O–H groups in total. The van der Waals surface area contributed by atoms with Gasteiger partial charge in [0, 0.05) is 36.2 Å². The maximum absolute atomic E-state index is 5.86. The van der Waals surface area contributed by atoms with Gasteiger partial charge in [-0.05, 0) is 26.3 Å². The van der Waals surface area contributed by atoms with Gasteiger partial charge in [0.1, 0.15) is 5.75 Å². The standard InChI is InChI=1S/C14H24N2O2/c1-4-6-18-14-8-12(15)7-13(9-14)16-11(3)10-17-5-2/h7-9,11,16H,4-6,10,15H2,1-3H3. The van der Waals surface area contributed by atoms with Crippen molar-refractivity contribution >= 4 is 11.4 Å². The van der Waals surface area contributed by atoms with Crippen LogP contribution >= 0.6 is 0 Å². The van der Waals surface area contributed by atoms with Gasteiger partial charge >= 0.3 is 0 Å². The Morgan fingerprint density at radius 1 is 1.28 bits per heavy atom. The van der Waals surface area contributed by atoms with E-state index in [4.69, 9.17) is 15.2 Å². The third kappa shape index (κ3) is 5.27. The topological polar surface area (TPSA) is 56.5 Å². The summed E-state index contributed by atoms with van der Waals surface area (Å²) < 4.78 is 11.0. The van der Waals surface area contributed by atoms with E-state index in [9.17, 15) is 0 Å². The van der Waals surface area contributed by atoms with E-state index in [-0.39, 0.29) is 6.04 Å². The lowest BCUT2D eigenvalue weighted by molar-refractivity contribution is 0.141. The van der Waals surface area contributed by atoms with Gasteiger partial charge in [-0.2, -0.15) is 0 Å². The molecule has 0 aliphatic carbocycles. The Bertz CT molecular complexity index is 356. The molecule has 1 aromatic rings. The van der Waals surface area contributed by atoms with Crippen LogP contribution in [0.4, 0.5) is 11.4 Å². The zero-order valence-electron chi connectivity index (χ0n) is 11.5. The van der Waals surface area contributed by atoms with Gasteiger partial charge in [0.15, 0.2) is 0 Å². The fraction of sp³-hybridized carbons (Fsp3) is 0.571. The van der Waals surface area contributed by atoms with Crippen LogP contribution in [0.5, 0.6) is 5.75 Å². The van der Waals surface area contributed by atoms with Crippen molar-refractivity contribution in [1.29, 1.82) is 0 Å². The summed E-state index contributed by atoms with van der Waals surface area (Å²) in [6, 6.07) is 5.95. The summed E-state index contributed by atoms with van der Waals surface area (Å²) in [5.74, 6) is 0.808. The summed E-state index contributed by atoms with van der Waals surface area (Å²) in [6.45, 7) is 8.26. The van der Waals surface area contributed by atoms with Gasteiger partial charge in [-0.1, -0.05) is 6.92 Å². The summed E-state index contributed by atoms with van der Waals surface area (Å²) in [5.41, 5.74) is 7.53. The molecule has 0 fully saturated rings. The zero-order chi connectivity index (χ0) is 13.4. The van der Waals surface area contributed by atoms with Gasteiger partial charge in [0.05, 0.1) is 13.2 Å². The van der Waals surface area contributed by atoms with E-state index in [0.29, 0.717) is 18.9 Å². The Morgan fingerprint density at radius 2 is 2.06 bits per heavy atom. The Balaban J connectivity index is 2.61. The zero-order valence-corrected chi connectivity index (χ0v) is 11.5. The predicted molar refractivity (Wildman–Crippen MR) is 76.2 cm³/mol. The van der Waals surface area contributed by atoms with Crippen LogP contribution in [0.15, 0.2) is 18.2 Å². The minimum Gasteiger partial charge on any atom is -0.493 e. The van der Waals surface area contributed by atoms with Gasteiger partial charge in [0.25, 0.3) is 0 Å². The smallest absolute Gasteiger partial charge is 0.123 e. The Kier molecular flexibility index (Phi) is 6.36. The second-order valence-electron chi connectivity index (χ2n) is 4.34. The van der Waals surface area contributed by atoms with Crippen LogP contribution in [0.25, 0.3) is 0 Å². The van der Waals surface area contributed by atoms with Crippen LogP contribution in [0, 0.1) is 0 Å². The number of nitrogens with one attached hydrogen (secondary N) is 1. The molecular formula is C14H24N2O2. The summed E-state index contributed by atoms with van der Waals surface area (Å²) in [6.07, 6.45) is 0.984. The van der Waals surface area contributed by atoms with Crippen molar-refractivity contribution in [2.75, 3.05) is 30.9 Å². The van der Waals surface area contributed by atoms with Crippen LogP contribution in [0.1, 0.15) is 27.2 Å². The summed E-state index contributed by atoms with van der Waals surface area (Å²) >= 11 is 0. The molecule has 1 atom stereocenters. The lowest BCUT2D eigenvalue weighted by Crippen LogP contribution is -2.21. The van der Waals surface area contributed by atoms with E-state index in [2.05, 4.69) is 19.2 Å². The maximum atomic E-state index is 5.86. The van der Waals surface area contributed by atoms with Crippen molar-refractivity contribution in [3.8, 4) is 5.75 Å². The highest BCUT2D eigenvalue weighted by Gasteiger charge is 2.04. The van der Waals surface area contributed by atoms with Gasteiger partial charge < -0.3 is 20.5 Å². The quantitative estimate of drug-likeness (QED) is 0.698. The molecule has 4 nitrogen and oxygen atoms in total. The number of hydrogen-bond donors (Lipinski definition) is 2. The molecule has 1 unspecified atom stereocenters. The third-order valence-electron chi connectivity index (χ3n) is 2.39. The van der Waals surface area contributed by atoms with Crippen molar-refractivity contribution in [2.24, 2.45) is 0 Å². The lowest BCUT2D eigenvalue weighted by Gasteiger charge is -2.16. The van der Waals surface area contributed by atoms with Crippen molar-refractivity contribution < 1.29 is 9.47 Å². The van der Waals surface area contributed by atoms with E-state index in [1.807, 2.05) is 25.1 Å². The van der Waals surface area contributed by atoms with E-state index < -0.39 is 0 Å². The van der Waals surface area contributed by atoms with Crippen molar-refractivity contribution in [3.63, 3.8) is 0 Å². The molecule has 0 aliphatic rings. The van der Waals surface area contributed by atoms with Gasteiger partial charge in [-0.15, -0.1) is 0 Å². The first kappa shape index (κ1) is 14.6. The van der Waals surface area contributed by atoms with Crippen LogP contribution in [-0.4, -0.2) is 25.9 Å². The Morgan fingerprint density at radius 3 is 2.72 bits per heavy atom. The van der Waals surface area contributed by atoms with E-state index in [1.54, 1.807) is 0 Å². The second kappa shape index (κ2) is 7.82. The summed E-state index contributed by atoms with van der Waals surface area (Å²) in [4.78, 5) is 0. The van der Waals surface area contributed by atoms with Crippen LogP contribution in [-0.2, 0) is 4.74 Å². The van der Waals surface area contributed by atoms with E-state index >= 15 is 0 Å². The number of nitrogens with two attached hydrogens (primary N) is 1. The average Bonchev–Trinajstić information content (AvgIpc) is 2.33. The lowest BCUT2D eigenvalue weighted by atomic mass is 10.2. The first-order chi connectivity index (χ1) is 8.65. The van der Waals surface area contributed by atoms with Crippen molar-refractivity contribution in [2.45, 2.75) is 33.2 Å². The number of benzene rings is 1. The molecule has 0 bridgehead atoms. The average molecular weight is 252 g/mol. The summed E-state index contributed by atoms with van der Waals surface area (Å²) in [7, 11) is 0. The highest BCUT2D eigenvalue weighted by atomic mass is 16.5. The molecule has 1 rings (SSSR count). The third-order valence-corrected chi connectivity index (χ3v) is 2.39. The van der Waals surface area contributed by atoms with Gasteiger partial charge in [0.2, 0.25) is 0 Å². The number of ether oxygens (including phenoxy) is 2. The monoisotopic (exact) mass is 252 g/mol. The molecule has 0 saturated heterocycles. The van der Waals surface area contributed by atoms with Gasteiger partial charge in [-0.3, -0.25) is 0 Å². The predicted octanol–water partition coefficient (Wildman–Crippen LogP) is 2.89. The molecule has 0 radical (unpaired) electrons. The highest BCUT2D eigenvalue weighted by Crippen LogP contribution is 2.23. The maximum Gasteiger partial charge on any atom is 0.123 e. The first-order valence-corrected chi connectivity index (χ1v) is 6.53. The normalized spacial score (nSPS) is 12.2. The van der Waals surface area contributed by atoms with Crippen LogP contribution in [0.2, 0.25) is 0 Å². The SMILES string of the molecule is CCCOc1cc(N)cc(NC(C)COCC)c1. The molecule has 0 amide bonds. The minimum absolute atomic E-state index is 0.241. The minimum atomic E-state index is 0.241. The first-order valence-electron chi connectivity index (χ1n) is 6.53. The molecular weight excluding hydrogens is 228 g/mol. The largest absolute Gasteiger partial charge is 0.493 e. The molecule has 0 aliphatic heterocycles. The van der Waals surface area contributed by atoms with Crippen molar-refractivity contribution in [3.05, 3.63) is 18.2 Å². The molecule has 4 heteroatoms. The van der Waals surface area contributed by atoms with Crippen molar-refractivity contribution in [1.82, 2.24) is 0 Å². The molecule has 0 saturated carbocycles. The van der Waals surface area contributed by atoms with Crippen LogP contribution in [0.3, 0.4) is 0 Å². The molecule has 0 heterocycles.